The SMILES string of the molecule is CCOC(=O)[C@H](C#N)[C@H](C)CC(C)C. The highest BCUT2D eigenvalue weighted by atomic mass is 16.5. The Labute approximate surface area is 86.1 Å². The predicted octanol–water partition coefficient (Wildman–Crippen LogP) is 2.37. The van der Waals surface area contributed by atoms with Crippen molar-refractivity contribution in [3.8, 4) is 6.07 Å². The lowest BCUT2D eigenvalue weighted by Crippen LogP contribution is -2.23. The number of hydrogen-bond acceptors (Lipinski definition) is 3. The van der Waals surface area contributed by atoms with Crippen LogP contribution in [0.1, 0.15) is 34.1 Å². The van der Waals surface area contributed by atoms with Crippen molar-refractivity contribution in [3.05, 3.63) is 0 Å². The molecule has 0 N–H and O–H groups in total. The molecule has 0 aromatic carbocycles. The molecule has 0 radical (unpaired) electrons. The van der Waals surface area contributed by atoms with Crippen LogP contribution in [-0.4, -0.2) is 12.6 Å². The molecule has 3 heteroatoms. The normalized spacial score (nSPS) is 14.6. The monoisotopic (exact) mass is 197 g/mol. The first-order valence-electron chi connectivity index (χ1n) is 5.09. The van der Waals surface area contributed by atoms with Crippen LogP contribution in [0.2, 0.25) is 0 Å². The fraction of sp³-hybridized carbons (Fsp3) is 0.818. The number of ether oxygens (including phenoxy) is 1. The van der Waals surface area contributed by atoms with Crippen molar-refractivity contribution >= 4 is 5.97 Å². The van der Waals surface area contributed by atoms with Gasteiger partial charge in [0.2, 0.25) is 0 Å². The minimum absolute atomic E-state index is 0.0686. The first-order valence-corrected chi connectivity index (χ1v) is 5.09. The van der Waals surface area contributed by atoms with Crippen molar-refractivity contribution in [1.82, 2.24) is 0 Å². The lowest BCUT2D eigenvalue weighted by Gasteiger charge is -2.17. The number of nitriles is 1. The number of esters is 1. The van der Waals surface area contributed by atoms with Crippen LogP contribution in [0.25, 0.3) is 0 Å². The van der Waals surface area contributed by atoms with Crippen molar-refractivity contribution < 1.29 is 9.53 Å². The summed E-state index contributed by atoms with van der Waals surface area (Å²) in [6.07, 6.45) is 0.872. The molecule has 3 nitrogen and oxygen atoms in total. The number of hydrogen-bond donors (Lipinski definition) is 0. The minimum Gasteiger partial charge on any atom is -0.465 e. The fourth-order valence-corrected chi connectivity index (χ4v) is 1.52. The Morgan fingerprint density at radius 1 is 1.43 bits per heavy atom. The van der Waals surface area contributed by atoms with Crippen LogP contribution >= 0.6 is 0 Å². The van der Waals surface area contributed by atoms with Gasteiger partial charge in [-0.05, 0) is 25.2 Å². The maximum atomic E-state index is 11.4. The smallest absolute Gasteiger partial charge is 0.323 e. The summed E-state index contributed by atoms with van der Waals surface area (Å²) < 4.78 is 4.84. The largest absolute Gasteiger partial charge is 0.465 e. The van der Waals surface area contributed by atoms with Gasteiger partial charge in [-0.3, -0.25) is 4.79 Å². The van der Waals surface area contributed by atoms with Crippen LogP contribution in [0, 0.1) is 29.1 Å². The molecule has 0 aromatic heterocycles. The fourth-order valence-electron chi connectivity index (χ4n) is 1.52. The van der Waals surface area contributed by atoms with Gasteiger partial charge in [0.25, 0.3) is 0 Å². The highest BCUT2D eigenvalue weighted by Gasteiger charge is 2.26. The summed E-state index contributed by atoms with van der Waals surface area (Å²) in [6.45, 7) is 8.17. The molecule has 0 rings (SSSR count). The predicted molar refractivity (Wildman–Crippen MR) is 54.4 cm³/mol. The zero-order valence-electron chi connectivity index (χ0n) is 9.41. The van der Waals surface area contributed by atoms with Crippen LogP contribution in [0.3, 0.4) is 0 Å². The van der Waals surface area contributed by atoms with E-state index in [1.807, 2.05) is 13.0 Å². The number of rotatable bonds is 5. The third-order valence-corrected chi connectivity index (χ3v) is 2.09. The van der Waals surface area contributed by atoms with Gasteiger partial charge in [0.1, 0.15) is 5.92 Å². The van der Waals surface area contributed by atoms with E-state index < -0.39 is 5.92 Å². The van der Waals surface area contributed by atoms with E-state index in [1.54, 1.807) is 6.92 Å². The molecule has 0 bridgehead atoms. The van der Waals surface area contributed by atoms with Gasteiger partial charge in [0, 0.05) is 0 Å². The van der Waals surface area contributed by atoms with Crippen LogP contribution in [0.5, 0.6) is 0 Å². The van der Waals surface area contributed by atoms with E-state index in [-0.39, 0.29) is 11.9 Å². The Morgan fingerprint density at radius 2 is 2.00 bits per heavy atom. The third-order valence-electron chi connectivity index (χ3n) is 2.09. The standard InChI is InChI=1S/C11H19NO2/c1-5-14-11(13)10(7-12)9(4)6-8(2)3/h8-10H,5-6H2,1-4H3/t9-,10-/m1/s1. The first-order chi connectivity index (χ1) is 6.52. The number of carbonyl (C=O) groups excluding carboxylic acids is 1. The molecule has 2 atom stereocenters. The lowest BCUT2D eigenvalue weighted by atomic mass is 9.88. The van der Waals surface area contributed by atoms with Gasteiger partial charge < -0.3 is 4.74 Å². The highest BCUT2D eigenvalue weighted by Crippen LogP contribution is 2.20. The molecule has 0 saturated carbocycles. The van der Waals surface area contributed by atoms with Gasteiger partial charge in [0.05, 0.1) is 12.7 Å². The van der Waals surface area contributed by atoms with Gasteiger partial charge >= 0.3 is 5.97 Å². The van der Waals surface area contributed by atoms with Crippen molar-refractivity contribution in [2.24, 2.45) is 17.8 Å². The van der Waals surface area contributed by atoms with E-state index in [4.69, 9.17) is 10.00 Å². The highest BCUT2D eigenvalue weighted by molar-refractivity contribution is 5.75. The Bertz CT molecular complexity index is 218. The maximum Gasteiger partial charge on any atom is 0.323 e. The van der Waals surface area contributed by atoms with E-state index in [0.29, 0.717) is 12.5 Å². The molecular weight excluding hydrogens is 178 g/mol. The van der Waals surface area contributed by atoms with Gasteiger partial charge in [-0.15, -0.1) is 0 Å². The molecule has 0 spiro atoms. The minimum atomic E-state index is -0.614. The molecule has 0 saturated heterocycles. The lowest BCUT2D eigenvalue weighted by molar-refractivity contribution is -0.147. The van der Waals surface area contributed by atoms with Crippen LogP contribution < -0.4 is 0 Å². The summed E-state index contributed by atoms with van der Waals surface area (Å²) in [5.74, 6) is -0.435. The average Bonchev–Trinajstić information content (AvgIpc) is 2.04. The van der Waals surface area contributed by atoms with Crippen molar-refractivity contribution in [2.45, 2.75) is 34.1 Å². The Kier molecular flexibility index (Phi) is 5.94. The summed E-state index contributed by atoms with van der Waals surface area (Å²) in [6, 6.07) is 2.02. The summed E-state index contributed by atoms with van der Waals surface area (Å²) in [5, 5.41) is 8.86. The van der Waals surface area contributed by atoms with E-state index in [1.165, 1.54) is 0 Å². The van der Waals surface area contributed by atoms with Crippen LogP contribution in [0.15, 0.2) is 0 Å². The van der Waals surface area contributed by atoms with Crippen molar-refractivity contribution in [3.63, 3.8) is 0 Å². The maximum absolute atomic E-state index is 11.4. The molecule has 0 amide bonds. The molecule has 80 valence electrons. The first kappa shape index (κ1) is 13.0. The summed E-state index contributed by atoms with van der Waals surface area (Å²) >= 11 is 0. The summed E-state index contributed by atoms with van der Waals surface area (Å²) in [5.41, 5.74) is 0. The second kappa shape index (κ2) is 6.42. The van der Waals surface area contributed by atoms with Gasteiger partial charge in [-0.25, -0.2) is 0 Å². The molecular formula is C11H19NO2. The molecule has 0 aromatic rings. The van der Waals surface area contributed by atoms with Crippen molar-refractivity contribution in [2.75, 3.05) is 6.61 Å². The number of carbonyl (C=O) groups is 1. The molecule has 14 heavy (non-hydrogen) atoms. The molecule has 0 aliphatic heterocycles. The van der Waals surface area contributed by atoms with E-state index in [2.05, 4.69) is 13.8 Å². The summed E-state index contributed by atoms with van der Waals surface area (Å²) in [4.78, 5) is 11.4. The Hall–Kier alpha value is -1.04. The molecule has 0 aliphatic carbocycles. The zero-order chi connectivity index (χ0) is 11.1. The molecule has 0 heterocycles. The average molecular weight is 197 g/mol. The topological polar surface area (TPSA) is 50.1 Å². The third kappa shape index (κ3) is 4.27. The molecule has 0 unspecified atom stereocenters. The van der Waals surface area contributed by atoms with Gasteiger partial charge in [-0.1, -0.05) is 20.8 Å². The Balaban J connectivity index is 4.26. The Morgan fingerprint density at radius 3 is 2.36 bits per heavy atom. The van der Waals surface area contributed by atoms with Gasteiger partial charge in [0.15, 0.2) is 0 Å². The van der Waals surface area contributed by atoms with Crippen LogP contribution in [0.4, 0.5) is 0 Å². The van der Waals surface area contributed by atoms with Crippen molar-refractivity contribution in [1.29, 1.82) is 5.26 Å². The zero-order valence-corrected chi connectivity index (χ0v) is 9.41. The second-order valence-corrected chi connectivity index (χ2v) is 3.97. The molecule has 0 fully saturated rings. The van der Waals surface area contributed by atoms with E-state index >= 15 is 0 Å². The second-order valence-electron chi connectivity index (χ2n) is 3.97. The van der Waals surface area contributed by atoms with Crippen LogP contribution in [-0.2, 0) is 9.53 Å². The van der Waals surface area contributed by atoms with E-state index in [0.717, 1.165) is 6.42 Å². The summed E-state index contributed by atoms with van der Waals surface area (Å²) in [7, 11) is 0. The van der Waals surface area contributed by atoms with Gasteiger partial charge in [-0.2, -0.15) is 5.26 Å². The number of nitrogens with zero attached hydrogens (tertiary/aromatic N) is 1. The van der Waals surface area contributed by atoms with E-state index in [9.17, 15) is 4.79 Å². The molecule has 0 aliphatic rings. The quantitative estimate of drug-likeness (QED) is 0.636.